The van der Waals surface area contributed by atoms with Crippen LogP contribution in [0.15, 0.2) is 18.2 Å². The van der Waals surface area contributed by atoms with Gasteiger partial charge >= 0.3 is 0 Å². The molecular formula is C10H12N2O3. The van der Waals surface area contributed by atoms with Gasteiger partial charge in [0, 0.05) is 17.2 Å². The van der Waals surface area contributed by atoms with E-state index in [2.05, 4.69) is 0 Å². The Labute approximate surface area is 87.3 Å². The third kappa shape index (κ3) is 2.52. The van der Waals surface area contributed by atoms with Crippen molar-refractivity contribution in [1.82, 2.24) is 0 Å². The van der Waals surface area contributed by atoms with Crippen LogP contribution in [0.25, 0.3) is 0 Å². The van der Waals surface area contributed by atoms with Crippen LogP contribution in [0.5, 0.6) is 0 Å². The van der Waals surface area contributed by atoms with Crippen molar-refractivity contribution in [2.24, 2.45) is 0 Å². The van der Waals surface area contributed by atoms with Gasteiger partial charge in [-0.3, -0.25) is 15.5 Å². The molecule has 0 bridgehead atoms. The molecule has 80 valence electrons. The molecule has 0 spiro atoms. The number of benzene rings is 1. The van der Waals surface area contributed by atoms with Crippen molar-refractivity contribution in [3.8, 4) is 0 Å². The number of nitrogens with zero attached hydrogens (tertiary/aromatic N) is 1. The molecule has 0 saturated carbocycles. The van der Waals surface area contributed by atoms with Crippen molar-refractivity contribution in [2.75, 3.05) is 6.61 Å². The Hall–Kier alpha value is -1.91. The number of rotatable bonds is 3. The first-order valence-corrected chi connectivity index (χ1v) is 4.53. The third-order valence-corrected chi connectivity index (χ3v) is 1.96. The average Bonchev–Trinajstić information content (AvgIpc) is 2.18. The molecule has 0 fully saturated rings. The van der Waals surface area contributed by atoms with Crippen LogP contribution in [0, 0.1) is 22.4 Å². The van der Waals surface area contributed by atoms with Crippen molar-refractivity contribution in [2.45, 2.75) is 13.8 Å². The van der Waals surface area contributed by atoms with Crippen LogP contribution in [-0.4, -0.2) is 17.4 Å². The normalized spacial score (nSPS) is 9.73. The number of ether oxygens (including phenoxy) is 1. The first kappa shape index (κ1) is 11.2. The summed E-state index contributed by atoms with van der Waals surface area (Å²) in [6.07, 6.45) is 0. The van der Waals surface area contributed by atoms with Crippen LogP contribution in [0.1, 0.15) is 18.1 Å². The van der Waals surface area contributed by atoms with E-state index < -0.39 is 4.92 Å². The summed E-state index contributed by atoms with van der Waals surface area (Å²) in [5, 5.41) is 18.1. The molecule has 0 heterocycles. The van der Waals surface area contributed by atoms with Crippen LogP contribution in [-0.2, 0) is 4.74 Å². The highest BCUT2D eigenvalue weighted by Gasteiger charge is 2.13. The fourth-order valence-electron chi connectivity index (χ4n) is 1.18. The predicted octanol–water partition coefficient (Wildman–Crippen LogP) is 2.27. The topological polar surface area (TPSA) is 76.2 Å². The van der Waals surface area contributed by atoms with Gasteiger partial charge < -0.3 is 4.74 Å². The first-order chi connectivity index (χ1) is 7.06. The van der Waals surface area contributed by atoms with Gasteiger partial charge in [0.05, 0.1) is 11.5 Å². The minimum atomic E-state index is -0.460. The van der Waals surface area contributed by atoms with Crippen LogP contribution in [0.3, 0.4) is 0 Å². The zero-order chi connectivity index (χ0) is 11.4. The van der Waals surface area contributed by atoms with E-state index in [1.54, 1.807) is 26.0 Å². The van der Waals surface area contributed by atoms with Crippen molar-refractivity contribution in [3.05, 3.63) is 39.4 Å². The minimum absolute atomic E-state index is 0.0111. The van der Waals surface area contributed by atoms with E-state index in [4.69, 9.17) is 10.1 Å². The number of aryl methyl sites for hydroxylation is 1. The third-order valence-electron chi connectivity index (χ3n) is 1.96. The number of nitro benzene ring substituents is 1. The highest BCUT2D eigenvalue weighted by Crippen LogP contribution is 2.19. The molecule has 5 heteroatoms. The van der Waals surface area contributed by atoms with Gasteiger partial charge in [0.2, 0.25) is 5.90 Å². The summed E-state index contributed by atoms with van der Waals surface area (Å²) in [4.78, 5) is 10.2. The van der Waals surface area contributed by atoms with Crippen LogP contribution in [0.4, 0.5) is 5.69 Å². The van der Waals surface area contributed by atoms with E-state index in [1.165, 1.54) is 6.07 Å². The molecule has 0 aliphatic carbocycles. The maximum absolute atomic E-state index is 10.6. The van der Waals surface area contributed by atoms with E-state index in [-0.39, 0.29) is 11.6 Å². The van der Waals surface area contributed by atoms with Crippen molar-refractivity contribution < 1.29 is 9.66 Å². The Bertz CT molecular complexity index is 402. The molecule has 0 aliphatic rings. The highest BCUT2D eigenvalue weighted by molar-refractivity contribution is 5.92. The molecular weight excluding hydrogens is 196 g/mol. The van der Waals surface area contributed by atoms with E-state index >= 15 is 0 Å². The van der Waals surface area contributed by atoms with Crippen molar-refractivity contribution >= 4 is 11.6 Å². The van der Waals surface area contributed by atoms with Crippen molar-refractivity contribution in [3.63, 3.8) is 0 Å². The van der Waals surface area contributed by atoms with E-state index in [1.807, 2.05) is 0 Å². The van der Waals surface area contributed by atoms with Crippen LogP contribution < -0.4 is 0 Å². The van der Waals surface area contributed by atoms with Crippen molar-refractivity contribution in [1.29, 1.82) is 5.41 Å². The van der Waals surface area contributed by atoms with Gasteiger partial charge in [-0.05, 0) is 19.9 Å². The molecule has 0 atom stereocenters. The van der Waals surface area contributed by atoms with Crippen LogP contribution in [0.2, 0.25) is 0 Å². The maximum atomic E-state index is 10.6. The summed E-state index contributed by atoms with van der Waals surface area (Å²) in [6, 6.07) is 4.61. The Morgan fingerprint density at radius 1 is 1.60 bits per heavy atom. The van der Waals surface area contributed by atoms with E-state index in [9.17, 15) is 10.1 Å². The Balaban J connectivity index is 3.07. The molecule has 1 rings (SSSR count). The monoisotopic (exact) mass is 208 g/mol. The van der Waals surface area contributed by atoms with Gasteiger partial charge in [0.25, 0.3) is 5.69 Å². The summed E-state index contributed by atoms with van der Waals surface area (Å²) >= 11 is 0. The molecule has 0 saturated heterocycles. The lowest BCUT2D eigenvalue weighted by molar-refractivity contribution is -0.385. The minimum Gasteiger partial charge on any atom is -0.478 e. The zero-order valence-corrected chi connectivity index (χ0v) is 8.61. The summed E-state index contributed by atoms with van der Waals surface area (Å²) in [7, 11) is 0. The number of nitro groups is 1. The van der Waals surface area contributed by atoms with Crippen LogP contribution >= 0.6 is 0 Å². The quantitative estimate of drug-likeness (QED) is 0.358. The van der Waals surface area contributed by atoms with E-state index in [0.717, 1.165) is 0 Å². The van der Waals surface area contributed by atoms with E-state index in [0.29, 0.717) is 17.7 Å². The lowest BCUT2D eigenvalue weighted by Gasteiger charge is -2.05. The second-order valence-corrected chi connectivity index (χ2v) is 3.02. The Morgan fingerprint density at radius 2 is 2.27 bits per heavy atom. The summed E-state index contributed by atoms with van der Waals surface area (Å²) in [5.41, 5.74) is 1.01. The first-order valence-electron chi connectivity index (χ1n) is 4.53. The lowest BCUT2D eigenvalue weighted by atomic mass is 10.1. The summed E-state index contributed by atoms with van der Waals surface area (Å²) in [5.74, 6) is -0.0411. The number of hydrogen-bond acceptors (Lipinski definition) is 4. The predicted molar refractivity (Wildman–Crippen MR) is 56.3 cm³/mol. The molecule has 0 radical (unpaired) electrons. The maximum Gasteiger partial charge on any atom is 0.273 e. The van der Waals surface area contributed by atoms with Gasteiger partial charge in [-0.15, -0.1) is 0 Å². The molecule has 5 nitrogen and oxygen atoms in total. The standard InChI is InChI=1S/C10H12N2O3/c1-3-15-10(11)8-5-4-7(2)9(6-8)12(13)14/h4-6,11H,3H2,1-2H3. The molecule has 1 aromatic rings. The second kappa shape index (κ2) is 4.54. The number of nitrogens with one attached hydrogen (secondary N) is 1. The van der Waals surface area contributed by atoms with Gasteiger partial charge in [-0.2, -0.15) is 0 Å². The number of hydrogen-bond donors (Lipinski definition) is 1. The molecule has 0 aromatic heterocycles. The smallest absolute Gasteiger partial charge is 0.273 e. The molecule has 15 heavy (non-hydrogen) atoms. The Morgan fingerprint density at radius 3 is 2.80 bits per heavy atom. The fourth-order valence-corrected chi connectivity index (χ4v) is 1.18. The lowest BCUT2D eigenvalue weighted by Crippen LogP contribution is -2.05. The van der Waals surface area contributed by atoms with Gasteiger partial charge in [-0.1, -0.05) is 6.07 Å². The summed E-state index contributed by atoms with van der Waals surface area (Å²) in [6.45, 7) is 3.80. The highest BCUT2D eigenvalue weighted by atomic mass is 16.6. The second-order valence-electron chi connectivity index (χ2n) is 3.02. The molecule has 1 N–H and O–H groups in total. The van der Waals surface area contributed by atoms with Gasteiger partial charge in [0.15, 0.2) is 0 Å². The zero-order valence-electron chi connectivity index (χ0n) is 8.61. The summed E-state index contributed by atoms with van der Waals surface area (Å²) < 4.78 is 4.96. The molecule has 1 aromatic carbocycles. The van der Waals surface area contributed by atoms with Gasteiger partial charge in [0.1, 0.15) is 0 Å². The molecule has 0 unspecified atom stereocenters. The molecule has 0 amide bonds. The SMILES string of the molecule is CCOC(=N)c1ccc(C)c([N+](=O)[O-])c1. The average molecular weight is 208 g/mol. The molecule has 0 aliphatic heterocycles. The Kier molecular flexibility index (Phi) is 3.38. The van der Waals surface area contributed by atoms with Gasteiger partial charge in [-0.25, -0.2) is 0 Å². The fraction of sp³-hybridized carbons (Fsp3) is 0.300. The largest absolute Gasteiger partial charge is 0.478 e.